The minimum absolute atomic E-state index is 0.295. The van der Waals surface area contributed by atoms with Gasteiger partial charge in [0.25, 0.3) is 0 Å². The van der Waals surface area contributed by atoms with Crippen molar-refractivity contribution >= 4 is 28.2 Å². The Kier molecular flexibility index (Phi) is 6.58. The molecule has 0 radical (unpaired) electrons. The Hall–Kier alpha value is -4.33. The molecule has 0 fully saturated rings. The van der Waals surface area contributed by atoms with E-state index in [2.05, 4.69) is 24.1 Å². The average molecular weight is 484 g/mol. The molecule has 2 heterocycles. The Labute approximate surface area is 208 Å². The molecule has 1 amide bonds. The number of H-pyrrole nitrogens is 1. The van der Waals surface area contributed by atoms with Crippen molar-refractivity contribution in [1.29, 1.82) is 0 Å². The number of carbonyl (C=O) groups excluding carboxylic acids is 1. The summed E-state index contributed by atoms with van der Waals surface area (Å²) in [5.41, 5.74) is 3.45. The first-order valence-corrected chi connectivity index (χ1v) is 12.2. The molecule has 0 aliphatic heterocycles. The van der Waals surface area contributed by atoms with E-state index in [1.54, 1.807) is 10.6 Å². The molecule has 2 N–H and O–H groups in total. The number of hydrogen-bond acceptors (Lipinski definition) is 4. The highest BCUT2D eigenvalue weighted by molar-refractivity contribution is 5.78. The first-order chi connectivity index (χ1) is 17.5. The van der Waals surface area contributed by atoms with Gasteiger partial charge in [-0.15, -0.1) is 4.73 Å². The molecule has 2 aromatic heterocycles. The van der Waals surface area contributed by atoms with Gasteiger partial charge in [0.1, 0.15) is 11.3 Å². The fourth-order valence-electron chi connectivity index (χ4n) is 4.43. The van der Waals surface area contributed by atoms with Gasteiger partial charge in [-0.25, -0.2) is 14.6 Å². The number of carbonyl (C=O) groups is 1. The van der Waals surface area contributed by atoms with Gasteiger partial charge in [-0.3, -0.25) is 4.57 Å². The largest absolute Gasteiger partial charge is 0.432 e. The Bertz CT molecular complexity index is 1520. The van der Waals surface area contributed by atoms with Crippen molar-refractivity contribution in [2.45, 2.75) is 39.3 Å². The third-order valence-corrected chi connectivity index (χ3v) is 6.25. The summed E-state index contributed by atoms with van der Waals surface area (Å²) >= 11 is 0. The summed E-state index contributed by atoms with van der Waals surface area (Å²) < 4.78 is 2.75. The lowest BCUT2D eigenvalue weighted by molar-refractivity contribution is 0.131. The van der Waals surface area contributed by atoms with E-state index in [1.807, 2.05) is 72.8 Å². The topological polar surface area (TPSA) is 93.9 Å². The van der Waals surface area contributed by atoms with Crippen molar-refractivity contribution in [3.8, 4) is 0 Å². The Morgan fingerprint density at radius 1 is 0.944 bits per heavy atom. The predicted octanol–water partition coefficient (Wildman–Crippen LogP) is 5.04. The molecule has 184 valence electrons. The normalized spacial score (nSPS) is 12.3. The van der Waals surface area contributed by atoms with Crippen molar-refractivity contribution in [2.75, 3.05) is 0 Å². The molecule has 8 heteroatoms. The van der Waals surface area contributed by atoms with Gasteiger partial charge in [0.2, 0.25) is 0 Å². The Morgan fingerprint density at radius 3 is 2.39 bits per heavy atom. The second-order valence-electron chi connectivity index (χ2n) is 9.28. The van der Waals surface area contributed by atoms with Gasteiger partial charge in [0.15, 0.2) is 0 Å². The van der Waals surface area contributed by atoms with E-state index in [0.29, 0.717) is 35.7 Å². The molecule has 0 saturated heterocycles. The van der Waals surface area contributed by atoms with Gasteiger partial charge in [0, 0.05) is 6.54 Å². The fourth-order valence-corrected chi connectivity index (χ4v) is 4.43. The zero-order valence-corrected chi connectivity index (χ0v) is 20.3. The monoisotopic (exact) mass is 483 g/mol. The number of imidazole rings is 2. The highest BCUT2D eigenvalue weighted by Gasteiger charge is 2.26. The molecule has 5 aromatic rings. The summed E-state index contributed by atoms with van der Waals surface area (Å²) in [6, 6.07) is 24.3. The summed E-state index contributed by atoms with van der Waals surface area (Å²) in [4.78, 5) is 40.1. The molecule has 0 aliphatic carbocycles. The van der Waals surface area contributed by atoms with E-state index in [9.17, 15) is 9.59 Å². The number of fused-ring (bicyclic) bond motifs is 2. The van der Waals surface area contributed by atoms with Crippen LogP contribution in [0.4, 0.5) is 4.79 Å². The molecule has 3 aromatic carbocycles. The molecule has 0 bridgehead atoms. The van der Waals surface area contributed by atoms with Crippen LogP contribution in [0.3, 0.4) is 0 Å². The summed E-state index contributed by atoms with van der Waals surface area (Å²) in [6.45, 7) is 4.60. The number of nitrogens with zero attached hydrogens (tertiary/aromatic N) is 3. The van der Waals surface area contributed by atoms with Crippen LogP contribution in [0.15, 0.2) is 83.7 Å². The number of para-hydroxylation sites is 4. The molecular weight excluding hydrogens is 454 g/mol. The molecular formula is C28H29N5O3. The lowest BCUT2D eigenvalue weighted by Gasteiger charge is -2.18. The highest BCUT2D eigenvalue weighted by Crippen LogP contribution is 2.28. The van der Waals surface area contributed by atoms with Crippen LogP contribution in [-0.4, -0.2) is 25.4 Å². The van der Waals surface area contributed by atoms with E-state index in [4.69, 9.17) is 9.82 Å². The van der Waals surface area contributed by atoms with E-state index in [1.165, 1.54) is 0 Å². The molecule has 1 unspecified atom stereocenters. The number of aromatic amines is 1. The molecule has 0 aliphatic rings. The van der Waals surface area contributed by atoms with Gasteiger partial charge in [-0.2, -0.15) is 0 Å². The lowest BCUT2D eigenvalue weighted by atomic mass is 10.0. The predicted molar refractivity (Wildman–Crippen MR) is 140 cm³/mol. The van der Waals surface area contributed by atoms with E-state index in [-0.39, 0.29) is 6.04 Å². The maximum absolute atomic E-state index is 13.8. The van der Waals surface area contributed by atoms with Crippen LogP contribution in [0.5, 0.6) is 0 Å². The minimum Gasteiger partial charge on any atom is -0.340 e. The second-order valence-corrected chi connectivity index (χ2v) is 9.28. The maximum atomic E-state index is 13.8. The third kappa shape index (κ3) is 4.75. The van der Waals surface area contributed by atoms with Gasteiger partial charge < -0.3 is 15.1 Å². The summed E-state index contributed by atoms with van der Waals surface area (Å²) in [5, 5.41) is 2.72. The molecule has 0 spiro atoms. The molecule has 5 rings (SSSR count). The lowest BCUT2D eigenvalue weighted by Crippen LogP contribution is -2.38. The third-order valence-electron chi connectivity index (χ3n) is 6.25. The summed E-state index contributed by atoms with van der Waals surface area (Å²) in [5.74, 6) is 1.15. The van der Waals surface area contributed by atoms with Crippen LogP contribution in [0.2, 0.25) is 0 Å². The van der Waals surface area contributed by atoms with Crippen LogP contribution in [0.1, 0.15) is 44.1 Å². The van der Waals surface area contributed by atoms with Gasteiger partial charge >= 0.3 is 11.8 Å². The first-order valence-electron chi connectivity index (χ1n) is 12.2. The van der Waals surface area contributed by atoms with E-state index in [0.717, 1.165) is 27.7 Å². The van der Waals surface area contributed by atoms with Crippen LogP contribution < -0.4 is 15.8 Å². The Balaban J connectivity index is 1.52. The smallest absolute Gasteiger partial charge is 0.340 e. The number of rotatable bonds is 8. The highest BCUT2D eigenvalue weighted by atomic mass is 16.7. The van der Waals surface area contributed by atoms with E-state index < -0.39 is 11.8 Å². The molecule has 1 atom stereocenters. The molecule has 36 heavy (non-hydrogen) atoms. The SMILES string of the molecule is CC(C)CCC(c1nc2ccccc2[nH]1)n1c(=O)n(OC(=O)NCc2ccccc2)c2ccccc21. The van der Waals surface area contributed by atoms with Crippen LogP contribution in [0.25, 0.3) is 22.1 Å². The summed E-state index contributed by atoms with van der Waals surface area (Å²) in [6.07, 6.45) is 0.892. The van der Waals surface area contributed by atoms with Crippen LogP contribution in [0, 0.1) is 5.92 Å². The molecule has 0 saturated carbocycles. The van der Waals surface area contributed by atoms with Crippen molar-refractivity contribution in [3.05, 3.63) is 101 Å². The zero-order chi connectivity index (χ0) is 25.1. The van der Waals surface area contributed by atoms with Crippen LogP contribution >= 0.6 is 0 Å². The first kappa shape index (κ1) is 23.4. The number of benzene rings is 3. The quantitative estimate of drug-likeness (QED) is 0.323. The van der Waals surface area contributed by atoms with Crippen LogP contribution in [-0.2, 0) is 6.54 Å². The number of nitrogens with one attached hydrogen (secondary N) is 2. The number of hydrogen-bond donors (Lipinski definition) is 2. The summed E-state index contributed by atoms with van der Waals surface area (Å²) in [7, 11) is 0. The van der Waals surface area contributed by atoms with Gasteiger partial charge in [-0.05, 0) is 48.6 Å². The minimum atomic E-state index is -0.702. The Morgan fingerprint density at radius 2 is 1.64 bits per heavy atom. The number of amides is 1. The van der Waals surface area contributed by atoms with E-state index >= 15 is 0 Å². The average Bonchev–Trinajstić information content (AvgIpc) is 3.43. The fraction of sp³-hybridized carbons (Fsp3) is 0.250. The van der Waals surface area contributed by atoms with Crippen molar-refractivity contribution in [3.63, 3.8) is 0 Å². The zero-order valence-electron chi connectivity index (χ0n) is 20.3. The van der Waals surface area contributed by atoms with Gasteiger partial charge in [-0.1, -0.05) is 68.4 Å². The molecule has 8 nitrogen and oxygen atoms in total. The number of aromatic nitrogens is 4. The van der Waals surface area contributed by atoms with Crippen molar-refractivity contribution < 1.29 is 9.63 Å². The maximum Gasteiger partial charge on any atom is 0.432 e. The second kappa shape index (κ2) is 10.1. The van der Waals surface area contributed by atoms with Gasteiger partial charge in [0.05, 0.1) is 22.6 Å². The van der Waals surface area contributed by atoms with Crippen molar-refractivity contribution in [1.82, 2.24) is 24.6 Å². The van der Waals surface area contributed by atoms with Crippen molar-refractivity contribution in [2.24, 2.45) is 5.92 Å². The standard InChI is InChI=1S/C28H29N5O3/c1-19(2)16-17-25(26-30-21-12-6-7-13-22(21)31-26)32-23-14-8-9-15-24(23)33(28(32)35)36-27(34)29-18-20-10-4-3-5-11-20/h3-15,19,25H,16-18H2,1-2H3,(H,29,34)(H,30,31).